The van der Waals surface area contributed by atoms with Crippen molar-refractivity contribution < 1.29 is 12.8 Å². The molecule has 2 aromatic heterocycles. The summed E-state index contributed by atoms with van der Waals surface area (Å²) in [4.78, 5) is 6.04. The van der Waals surface area contributed by atoms with E-state index in [1.807, 2.05) is 29.2 Å². The SMILES string of the molecule is O=S(=O)(c1ccc(F)cc1)N1CCN(c2ccc(Nc3ccncc3)nn2)CC1. The maximum absolute atomic E-state index is 13.1. The molecule has 8 nitrogen and oxygen atoms in total. The molecule has 0 bridgehead atoms. The lowest BCUT2D eigenvalue weighted by atomic mass is 10.3. The van der Waals surface area contributed by atoms with Crippen LogP contribution in [0.25, 0.3) is 0 Å². The Morgan fingerprint density at radius 1 is 0.862 bits per heavy atom. The van der Waals surface area contributed by atoms with E-state index in [1.165, 1.54) is 16.4 Å². The number of pyridine rings is 1. The first-order valence-corrected chi connectivity index (χ1v) is 10.5. The second-order valence-corrected chi connectivity index (χ2v) is 8.42. The number of piperazine rings is 1. The van der Waals surface area contributed by atoms with Gasteiger partial charge in [-0.25, -0.2) is 12.8 Å². The minimum atomic E-state index is -3.64. The van der Waals surface area contributed by atoms with E-state index in [-0.39, 0.29) is 4.90 Å². The number of hydrogen-bond acceptors (Lipinski definition) is 7. The van der Waals surface area contributed by atoms with Crippen LogP contribution < -0.4 is 10.2 Å². The number of aromatic nitrogens is 3. The van der Waals surface area contributed by atoms with Gasteiger partial charge in [-0.1, -0.05) is 0 Å². The summed E-state index contributed by atoms with van der Waals surface area (Å²) in [6.45, 7) is 1.62. The van der Waals surface area contributed by atoms with Gasteiger partial charge >= 0.3 is 0 Å². The molecule has 1 N–H and O–H groups in total. The molecule has 0 aliphatic carbocycles. The Labute approximate surface area is 168 Å². The Kier molecular flexibility index (Phi) is 5.36. The van der Waals surface area contributed by atoms with Crippen molar-refractivity contribution in [3.05, 3.63) is 66.7 Å². The minimum Gasteiger partial charge on any atom is -0.352 e. The van der Waals surface area contributed by atoms with Crippen LogP contribution in [0.15, 0.2) is 65.8 Å². The van der Waals surface area contributed by atoms with E-state index in [0.29, 0.717) is 37.8 Å². The summed E-state index contributed by atoms with van der Waals surface area (Å²) in [5.41, 5.74) is 0.863. The molecule has 10 heteroatoms. The molecule has 1 aliphatic rings. The average Bonchev–Trinajstić information content (AvgIpc) is 2.75. The largest absolute Gasteiger partial charge is 0.352 e. The third-order valence-corrected chi connectivity index (χ3v) is 6.53. The van der Waals surface area contributed by atoms with Gasteiger partial charge in [0.25, 0.3) is 0 Å². The fraction of sp³-hybridized carbons (Fsp3) is 0.211. The Bertz CT molecular complexity index is 1050. The van der Waals surface area contributed by atoms with Crippen LogP contribution in [-0.4, -0.2) is 54.1 Å². The predicted octanol–water partition coefficient (Wildman–Crippen LogP) is 2.27. The van der Waals surface area contributed by atoms with Crippen LogP contribution in [0.5, 0.6) is 0 Å². The lowest BCUT2D eigenvalue weighted by molar-refractivity contribution is 0.383. The smallest absolute Gasteiger partial charge is 0.243 e. The molecule has 3 heterocycles. The molecule has 150 valence electrons. The summed E-state index contributed by atoms with van der Waals surface area (Å²) >= 11 is 0. The average molecular weight is 414 g/mol. The first kappa shape index (κ1) is 19.2. The molecular weight excluding hydrogens is 395 g/mol. The molecule has 4 rings (SSSR count). The third-order valence-electron chi connectivity index (χ3n) is 4.62. The molecular formula is C19H19FN6O2S. The van der Waals surface area contributed by atoms with Gasteiger partial charge in [-0.3, -0.25) is 4.98 Å². The molecule has 29 heavy (non-hydrogen) atoms. The van der Waals surface area contributed by atoms with Crippen molar-refractivity contribution in [3.8, 4) is 0 Å². The quantitative estimate of drug-likeness (QED) is 0.685. The van der Waals surface area contributed by atoms with Crippen LogP contribution in [-0.2, 0) is 10.0 Å². The molecule has 0 unspecified atom stereocenters. The van der Waals surface area contributed by atoms with Gasteiger partial charge < -0.3 is 10.2 Å². The number of nitrogens with one attached hydrogen (secondary N) is 1. The lowest BCUT2D eigenvalue weighted by Gasteiger charge is -2.34. The normalized spacial score (nSPS) is 15.3. The van der Waals surface area contributed by atoms with E-state index in [1.54, 1.807) is 12.4 Å². The van der Waals surface area contributed by atoms with E-state index >= 15 is 0 Å². The Morgan fingerprint density at radius 2 is 1.55 bits per heavy atom. The second kappa shape index (κ2) is 8.10. The molecule has 3 aromatic rings. The Hall–Kier alpha value is -3.11. The summed E-state index contributed by atoms with van der Waals surface area (Å²) in [6.07, 6.45) is 3.37. The van der Waals surface area contributed by atoms with Crippen molar-refractivity contribution in [1.29, 1.82) is 0 Å². The van der Waals surface area contributed by atoms with Gasteiger partial charge in [0.15, 0.2) is 11.6 Å². The first-order valence-electron chi connectivity index (χ1n) is 9.04. The van der Waals surface area contributed by atoms with Crippen molar-refractivity contribution >= 4 is 27.3 Å². The van der Waals surface area contributed by atoms with Gasteiger partial charge in [-0.05, 0) is 48.5 Å². The van der Waals surface area contributed by atoms with Crippen molar-refractivity contribution in [1.82, 2.24) is 19.5 Å². The molecule has 1 aliphatic heterocycles. The van der Waals surface area contributed by atoms with Gasteiger partial charge in [-0.2, -0.15) is 4.31 Å². The Balaban J connectivity index is 1.38. The van der Waals surface area contributed by atoms with Crippen molar-refractivity contribution in [2.45, 2.75) is 4.90 Å². The standard InChI is InChI=1S/C19H19FN6O2S/c20-15-1-3-17(4-2-15)29(27,28)26-13-11-25(12-14-26)19-6-5-18(23-24-19)22-16-7-9-21-10-8-16/h1-10H,11-14H2,(H,21,22,23). The van der Waals surface area contributed by atoms with Crippen LogP contribution in [0.1, 0.15) is 0 Å². The lowest BCUT2D eigenvalue weighted by Crippen LogP contribution is -2.49. The highest BCUT2D eigenvalue weighted by atomic mass is 32.2. The van der Waals surface area contributed by atoms with Gasteiger partial charge in [-0.15, -0.1) is 10.2 Å². The predicted molar refractivity (Wildman–Crippen MR) is 107 cm³/mol. The number of rotatable bonds is 5. The molecule has 0 radical (unpaired) electrons. The molecule has 0 saturated carbocycles. The van der Waals surface area contributed by atoms with Crippen LogP contribution in [0.2, 0.25) is 0 Å². The summed E-state index contributed by atoms with van der Waals surface area (Å²) in [5.74, 6) is 0.829. The number of nitrogens with zero attached hydrogens (tertiary/aromatic N) is 5. The van der Waals surface area contributed by atoms with E-state index in [0.717, 1.165) is 17.8 Å². The fourth-order valence-electron chi connectivity index (χ4n) is 3.06. The van der Waals surface area contributed by atoms with Gasteiger partial charge in [0, 0.05) is 44.3 Å². The van der Waals surface area contributed by atoms with Crippen LogP contribution in [0.4, 0.5) is 21.7 Å². The minimum absolute atomic E-state index is 0.0960. The highest BCUT2D eigenvalue weighted by Gasteiger charge is 2.29. The summed E-state index contributed by atoms with van der Waals surface area (Å²) in [5, 5.41) is 11.6. The van der Waals surface area contributed by atoms with Crippen molar-refractivity contribution in [2.24, 2.45) is 0 Å². The molecule has 1 saturated heterocycles. The highest BCUT2D eigenvalue weighted by molar-refractivity contribution is 7.89. The maximum atomic E-state index is 13.1. The van der Waals surface area contributed by atoms with Gasteiger partial charge in [0.05, 0.1) is 4.90 Å². The molecule has 1 fully saturated rings. The summed E-state index contributed by atoms with van der Waals surface area (Å²) in [6, 6.07) is 12.2. The number of anilines is 3. The molecule has 0 atom stereocenters. The van der Waals surface area contributed by atoms with Crippen molar-refractivity contribution in [2.75, 3.05) is 36.4 Å². The van der Waals surface area contributed by atoms with E-state index < -0.39 is 15.8 Å². The molecule has 0 amide bonds. The summed E-state index contributed by atoms with van der Waals surface area (Å²) in [7, 11) is -3.64. The van der Waals surface area contributed by atoms with Crippen LogP contribution >= 0.6 is 0 Å². The van der Waals surface area contributed by atoms with E-state index in [4.69, 9.17) is 0 Å². The van der Waals surface area contributed by atoms with Crippen molar-refractivity contribution in [3.63, 3.8) is 0 Å². The maximum Gasteiger partial charge on any atom is 0.243 e. The molecule has 1 aromatic carbocycles. The number of benzene rings is 1. The number of sulfonamides is 1. The topological polar surface area (TPSA) is 91.3 Å². The third kappa shape index (κ3) is 4.33. The monoisotopic (exact) mass is 414 g/mol. The summed E-state index contributed by atoms with van der Waals surface area (Å²) < 4.78 is 39.9. The second-order valence-electron chi connectivity index (χ2n) is 6.48. The zero-order valence-electron chi connectivity index (χ0n) is 15.4. The number of halogens is 1. The Morgan fingerprint density at radius 3 is 2.17 bits per heavy atom. The van der Waals surface area contributed by atoms with Gasteiger partial charge in [0.2, 0.25) is 10.0 Å². The highest BCUT2D eigenvalue weighted by Crippen LogP contribution is 2.21. The van der Waals surface area contributed by atoms with Crippen LogP contribution in [0.3, 0.4) is 0 Å². The first-order chi connectivity index (χ1) is 14.0. The van der Waals surface area contributed by atoms with Crippen LogP contribution in [0, 0.1) is 5.82 Å². The van der Waals surface area contributed by atoms with E-state index in [9.17, 15) is 12.8 Å². The molecule has 0 spiro atoms. The van der Waals surface area contributed by atoms with E-state index in [2.05, 4.69) is 20.5 Å². The van der Waals surface area contributed by atoms with Gasteiger partial charge in [0.1, 0.15) is 5.82 Å². The zero-order chi connectivity index (χ0) is 20.3. The fourth-order valence-corrected chi connectivity index (χ4v) is 4.48. The zero-order valence-corrected chi connectivity index (χ0v) is 16.3. The number of hydrogen-bond donors (Lipinski definition) is 1.